The van der Waals surface area contributed by atoms with E-state index in [4.69, 9.17) is 44.3 Å². The zero-order chi connectivity index (χ0) is 23.3. The van der Waals surface area contributed by atoms with Crippen LogP contribution in [0, 0.1) is 0 Å². The summed E-state index contributed by atoms with van der Waals surface area (Å²) in [4.78, 5) is 12.8. The van der Waals surface area contributed by atoms with Gasteiger partial charge in [-0.15, -0.1) is 0 Å². The molecule has 0 spiro atoms. The van der Waals surface area contributed by atoms with Crippen LogP contribution < -0.4 is 19.1 Å². The molecule has 31 heavy (non-hydrogen) atoms. The smallest absolute Gasteiger partial charge is 0.241 e. The van der Waals surface area contributed by atoms with E-state index < -0.39 is 22.5 Å². The lowest BCUT2D eigenvalue weighted by atomic mass is 10.0. The van der Waals surface area contributed by atoms with Gasteiger partial charge in [0.05, 0.1) is 47.3 Å². The summed E-state index contributed by atoms with van der Waals surface area (Å²) < 4.78 is 36.2. The van der Waals surface area contributed by atoms with Crippen molar-refractivity contribution in [2.45, 2.75) is 19.4 Å². The summed E-state index contributed by atoms with van der Waals surface area (Å²) in [6, 6.07) is 7.57. The number of benzene rings is 2. The molecule has 7 nitrogen and oxygen atoms in total. The molecule has 0 aliphatic heterocycles. The molecule has 2 rings (SSSR count). The number of sulfonamides is 1. The molecule has 0 aliphatic rings. The van der Waals surface area contributed by atoms with Gasteiger partial charge in [0.2, 0.25) is 15.9 Å². The third-order valence-corrected chi connectivity index (χ3v) is 6.65. The molecule has 0 saturated heterocycles. The maximum Gasteiger partial charge on any atom is 0.241 e. The highest BCUT2D eigenvalue weighted by Gasteiger charge is 2.25. The summed E-state index contributed by atoms with van der Waals surface area (Å²) in [6.45, 7) is 1.41. The Hall–Kier alpha value is -1.87. The summed E-state index contributed by atoms with van der Waals surface area (Å²) in [5.41, 5.74) is 0.847. The van der Waals surface area contributed by atoms with Crippen LogP contribution in [0.3, 0.4) is 0 Å². The Labute approximate surface area is 197 Å². The lowest BCUT2D eigenvalue weighted by molar-refractivity contribution is -0.120. The lowest BCUT2D eigenvalue weighted by Crippen LogP contribution is -2.41. The van der Waals surface area contributed by atoms with Crippen molar-refractivity contribution in [3.8, 4) is 11.5 Å². The second kappa shape index (κ2) is 10.6. The minimum atomic E-state index is -3.84. The topological polar surface area (TPSA) is 84.9 Å². The minimum Gasteiger partial charge on any atom is -0.493 e. The monoisotopic (exact) mass is 508 g/mol. The normalized spacial score (nSPS) is 12.2. The van der Waals surface area contributed by atoms with Crippen molar-refractivity contribution in [2.24, 2.45) is 0 Å². The molecule has 2 aromatic carbocycles. The third kappa shape index (κ3) is 6.32. The number of methoxy groups -OCH3 is 2. The van der Waals surface area contributed by atoms with Crippen molar-refractivity contribution in [3.05, 3.63) is 51.0 Å². The maximum atomic E-state index is 12.8. The summed E-state index contributed by atoms with van der Waals surface area (Å²) in [5, 5.41) is 3.19. The fraction of sp³-hybridized carbons (Fsp3) is 0.350. The van der Waals surface area contributed by atoms with Crippen LogP contribution in [-0.2, 0) is 14.8 Å². The van der Waals surface area contributed by atoms with Crippen LogP contribution in [-0.4, -0.2) is 41.3 Å². The highest BCUT2D eigenvalue weighted by atomic mass is 35.5. The van der Waals surface area contributed by atoms with Crippen LogP contribution in [0.1, 0.15) is 24.9 Å². The van der Waals surface area contributed by atoms with Gasteiger partial charge in [0, 0.05) is 0 Å². The zero-order valence-corrected chi connectivity index (χ0v) is 20.5. The predicted octanol–water partition coefficient (Wildman–Crippen LogP) is 4.70. The first-order valence-corrected chi connectivity index (χ1v) is 12.1. The van der Waals surface area contributed by atoms with Gasteiger partial charge in [-0.2, -0.15) is 0 Å². The number of carbonyl (C=O) groups is 1. The number of anilines is 1. The van der Waals surface area contributed by atoms with Crippen LogP contribution in [0.15, 0.2) is 30.3 Å². The minimum absolute atomic E-state index is 0.0551. The number of carbonyl (C=O) groups excluding carboxylic acids is 1. The lowest BCUT2D eigenvalue weighted by Gasteiger charge is -2.25. The summed E-state index contributed by atoms with van der Waals surface area (Å²) in [7, 11) is -0.790. The van der Waals surface area contributed by atoms with Crippen LogP contribution in [0.4, 0.5) is 5.69 Å². The highest BCUT2D eigenvalue weighted by molar-refractivity contribution is 7.92. The molecule has 170 valence electrons. The van der Waals surface area contributed by atoms with Crippen molar-refractivity contribution in [3.63, 3.8) is 0 Å². The number of rotatable bonds is 9. The molecule has 1 atom stereocenters. The van der Waals surface area contributed by atoms with Crippen molar-refractivity contribution >= 4 is 56.4 Å². The van der Waals surface area contributed by atoms with E-state index >= 15 is 0 Å². The Morgan fingerprint density at radius 3 is 2.19 bits per heavy atom. The molecule has 0 fully saturated rings. The molecule has 1 amide bonds. The SMILES string of the molecule is CCC(NC(=O)CN(c1cc(Cl)c(Cl)cc1Cl)S(C)(=O)=O)c1ccc(OC)c(OC)c1. The number of halogens is 3. The second-order valence-corrected chi connectivity index (χ2v) is 9.76. The standard InChI is InChI=1S/C20H23Cl3N2O5S/c1-5-16(12-6-7-18(29-2)19(8-12)30-3)24-20(26)11-25(31(4,27)28)17-10-14(22)13(21)9-15(17)23/h6-10,16H,5,11H2,1-4H3,(H,24,26). The molecule has 1 unspecified atom stereocenters. The molecule has 0 aliphatic carbocycles. The molecule has 0 heterocycles. The molecule has 2 aromatic rings. The average molecular weight is 510 g/mol. The van der Waals surface area contributed by atoms with Crippen LogP contribution in [0.25, 0.3) is 0 Å². The summed E-state index contributed by atoms with van der Waals surface area (Å²) >= 11 is 18.1. The van der Waals surface area contributed by atoms with Crippen molar-refractivity contribution in [1.82, 2.24) is 5.32 Å². The summed E-state index contributed by atoms with van der Waals surface area (Å²) in [5.74, 6) is 0.562. The van der Waals surface area contributed by atoms with Crippen molar-refractivity contribution in [1.29, 1.82) is 0 Å². The van der Waals surface area contributed by atoms with Gasteiger partial charge in [-0.1, -0.05) is 47.8 Å². The maximum absolute atomic E-state index is 12.8. The molecular formula is C20H23Cl3N2O5S. The van der Waals surface area contributed by atoms with Gasteiger partial charge in [0.1, 0.15) is 6.54 Å². The van der Waals surface area contributed by atoms with Crippen molar-refractivity contribution in [2.75, 3.05) is 31.3 Å². The Morgan fingerprint density at radius 1 is 1.03 bits per heavy atom. The number of amides is 1. The number of ether oxygens (including phenoxy) is 2. The number of nitrogens with zero attached hydrogens (tertiary/aromatic N) is 1. The number of hydrogen-bond acceptors (Lipinski definition) is 5. The molecular weight excluding hydrogens is 487 g/mol. The van der Waals surface area contributed by atoms with E-state index in [-0.39, 0.29) is 26.8 Å². The molecule has 11 heteroatoms. The Balaban J connectivity index is 2.29. The van der Waals surface area contributed by atoms with E-state index in [2.05, 4.69) is 5.32 Å². The van der Waals surface area contributed by atoms with E-state index in [1.165, 1.54) is 26.4 Å². The summed E-state index contributed by atoms with van der Waals surface area (Å²) in [6.07, 6.45) is 1.54. The molecule has 0 bridgehead atoms. The molecule has 0 radical (unpaired) electrons. The first-order valence-electron chi connectivity index (χ1n) is 9.15. The highest BCUT2D eigenvalue weighted by Crippen LogP contribution is 2.36. The fourth-order valence-electron chi connectivity index (χ4n) is 2.95. The van der Waals surface area contributed by atoms with E-state index in [1.807, 2.05) is 6.92 Å². The first kappa shape index (κ1) is 25.4. The fourth-order valence-corrected chi connectivity index (χ4v) is 4.50. The Morgan fingerprint density at radius 2 is 1.65 bits per heavy atom. The van der Waals surface area contributed by atoms with Gasteiger partial charge in [-0.3, -0.25) is 9.10 Å². The second-order valence-electron chi connectivity index (χ2n) is 6.63. The average Bonchev–Trinajstić information content (AvgIpc) is 2.71. The van der Waals surface area contributed by atoms with E-state index in [0.717, 1.165) is 16.1 Å². The van der Waals surface area contributed by atoms with Gasteiger partial charge < -0.3 is 14.8 Å². The van der Waals surface area contributed by atoms with Crippen molar-refractivity contribution < 1.29 is 22.7 Å². The van der Waals surface area contributed by atoms with Gasteiger partial charge in [-0.05, 0) is 36.2 Å². The van der Waals surface area contributed by atoms with Crippen LogP contribution in [0.5, 0.6) is 11.5 Å². The van der Waals surface area contributed by atoms with E-state index in [9.17, 15) is 13.2 Å². The van der Waals surface area contributed by atoms with Gasteiger partial charge >= 0.3 is 0 Å². The van der Waals surface area contributed by atoms with E-state index in [0.29, 0.717) is 17.9 Å². The van der Waals surface area contributed by atoms with Crippen LogP contribution in [0.2, 0.25) is 15.1 Å². The first-order chi connectivity index (χ1) is 14.5. The number of nitrogens with one attached hydrogen (secondary N) is 1. The Bertz CT molecular complexity index is 1060. The third-order valence-electron chi connectivity index (χ3n) is 4.50. The molecule has 1 N–H and O–H groups in total. The van der Waals surface area contributed by atoms with E-state index in [1.54, 1.807) is 18.2 Å². The zero-order valence-electron chi connectivity index (χ0n) is 17.4. The molecule has 0 saturated carbocycles. The van der Waals surface area contributed by atoms with Crippen LogP contribution >= 0.6 is 34.8 Å². The van der Waals surface area contributed by atoms with Gasteiger partial charge in [-0.25, -0.2) is 8.42 Å². The quantitative estimate of drug-likeness (QED) is 0.495. The predicted molar refractivity (Wildman–Crippen MR) is 124 cm³/mol. The largest absolute Gasteiger partial charge is 0.493 e. The number of hydrogen-bond donors (Lipinski definition) is 1. The van der Waals surface area contributed by atoms with Gasteiger partial charge in [0.25, 0.3) is 0 Å². The Kier molecular flexibility index (Phi) is 8.71. The van der Waals surface area contributed by atoms with Gasteiger partial charge in [0.15, 0.2) is 11.5 Å². The molecule has 0 aromatic heterocycles.